The minimum Gasteiger partial charge on any atom is -0.383 e. The van der Waals surface area contributed by atoms with E-state index in [1.165, 1.54) is 0 Å². The third-order valence-electron chi connectivity index (χ3n) is 2.49. The van der Waals surface area contributed by atoms with Gasteiger partial charge in [0.2, 0.25) is 0 Å². The fraction of sp³-hybridized carbons (Fsp3) is 0.636. The van der Waals surface area contributed by atoms with Crippen molar-refractivity contribution >= 4 is 11.6 Å². The van der Waals surface area contributed by atoms with E-state index in [1.54, 1.807) is 4.68 Å². The van der Waals surface area contributed by atoms with Crippen molar-refractivity contribution in [1.82, 2.24) is 9.78 Å². The fourth-order valence-electron chi connectivity index (χ4n) is 1.44. The van der Waals surface area contributed by atoms with Crippen molar-refractivity contribution in [2.75, 3.05) is 11.1 Å². The van der Waals surface area contributed by atoms with E-state index in [0.717, 1.165) is 6.42 Å². The third kappa shape index (κ3) is 2.27. The van der Waals surface area contributed by atoms with Gasteiger partial charge in [-0.15, -0.1) is 0 Å². The van der Waals surface area contributed by atoms with Gasteiger partial charge in [0.15, 0.2) is 5.82 Å². The average Bonchev–Trinajstić information content (AvgIpc) is 2.53. The summed E-state index contributed by atoms with van der Waals surface area (Å²) < 4.78 is 1.71. The van der Waals surface area contributed by atoms with Crippen LogP contribution < -0.4 is 11.1 Å². The molecule has 0 aliphatic carbocycles. The average molecular weight is 221 g/mol. The van der Waals surface area contributed by atoms with E-state index in [1.807, 2.05) is 20.8 Å². The van der Waals surface area contributed by atoms with Crippen LogP contribution in [0.1, 0.15) is 45.7 Å². The van der Waals surface area contributed by atoms with Crippen molar-refractivity contribution in [2.24, 2.45) is 0 Å². The second kappa shape index (κ2) is 4.88. The van der Waals surface area contributed by atoms with Crippen LogP contribution in [-0.2, 0) is 0 Å². The van der Waals surface area contributed by atoms with Crippen molar-refractivity contribution in [2.45, 2.75) is 46.2 Å². The number of nitrogens with one attached hydrogen (secondary N) is 1. The van der Waals surface area contributed by atoms with Gasteiger partial charge < -0.3 is 11.1 Å². The van der Waals surface area contributed by atoms with Crippen molar-refractivity contribution in [3.63, 3.8) is 0 Å². The number of rotatable bonds is 4. The number of hydrogen-bond acceptors (Lipinski definition) is 4. The molecular formula is C11H19N5. The maximum atomic E-state index is 9.06. The number of aromatic nitrogens is 2. The first-order chi connectivity index (χ1) is 7.51. The van der Waals surface area contributed by atoms with Gasteiger partial charge in [-0.2, -0.15) is 10.4 Å². The lowest BCUT2D eigenvalue weighted by Crippen LogP contribution is -2.12. The Bertz CT molecular complexity index is 399. The molecule has 0 saturated heterocycles. The Hall–Kier alpha value is -1.70. The zero-order valence-electron chi connectivity index (χ0n) is 10.3. The van der Waals surface area contributed by atoms with Gasteiger partial charge >= 0.3 is 0 Å². The molecule has 0 amide bonds. The topological polar surface area (TPSA) is 79.7 Å². The Labute approximate surface area is 96.2 Å². The van der Waals surface area contributed by atoms with E-state index in [4.69, 9.17) is 11.0 Å². The van der Waals surface area contributed by atoms with Crippen LogP contribution in [0.2, 0.25) is 0 Å². The summed E-state index contributed by atoms with van der Waals surface area (Å²) >= 11 is 0. The first-order valence-electron chi connectivity index (χ1n) is 5.55. The van der Waals surface area contributed by atoms with E-state index >= 15 is 0 Å². The molecule has 1 aromatic rings. The molecule has 0 saturated carbocycles. The fourth-order valence-corrected chi connectivity index (χ4v) is 1.44. The first-order valence-corrected chi connectivity index (χ1v) is 5.55. The lowest BCUT2D eigenvalue weighted by molar-refractivity contribution is 0.485. The molecule has 1 heterocycles. The van der Waals surface area contributed by atoms with Gasteiger partial charge in [-0.25, -0.2) is 4.68 Å². The molecule has 1 rings (SSSR count). The monoisotopic (exact) mass is 221 g/mol. The van der Waals surface area contributed by atoms with Gasteiger partial charge in [-0.1, -0.05) is 6.92 Å². The minimum absolute atomic E-state index is 0.204. The zero-order chi connectivity index (χ0) is 12.3. The van der Waals surface area contributed by atoms with Gasteiger partial charge in [0.05, 0.1) is 6.04 Å². The molecule has 1 aromatic heterocycles. The van der Waals surface area contributed by atoms with Crippen LogP contribution in [0.15, 0.2) is 0 Å². The van der Waals surface area contributed by atoms with Gasteiger partial charge in [0.1, 0.15) is 17.5 Å². The number of hydrogen-bond donors (Lipinski definition) is 2. The summed E-state index contributed by atoms with van der Waals surface area (Å²) in [7, 11) is 0. The lowest BCUT2D eigenvalue weighted by Gasteiger charge is -2.10. The summed E-state index contributed by atoms with van der Waals surface area (Å²) in [5.41, 5.74) is 6.34. The summed E-state index contributed by atoms with van der Waals surface area (Å²) in [6.45, 7) is 8.09. The van der Waals surface area contributed by atoms with Crippen LogP contribution in [-0.4, -0.2) is 15.8 Å². The highest BCUT2D eigenvalue weighted by Gasteiger charge is 2.18. The molecule has 16 heavy (non-hydrogen) atoms. The molecule has 0 bridgehead atoms. The summed E-state index contributed by atoms with van der Waals surface area (Å²) in [5.74, 6) is 1.02. The molecule has 5 heteroatoms. The molecule has 0 fully saturated rings. The third-order valence-corrected chi connectivity index (χ3v) is 2.49. The Morgan fingerprint density at radius 1 is 1.50 bits per heavy atom. The second-order valence-electron chi connectivity index (χ2n) is 4.22. The Balaban J connectivity index is 3.16. The smallest absolute Gasteiger partial charge is 0.168 e. The predicted molar refractivity (Wildman–Crippen MR) is 65.1 cm³/mol. The Morgan fingerprint density at radius 3 is 2.56 bits per heavy atom. The summed E-state index contributed by atoms with van der Waals surface area (Å²) in [6, 6.07) is 2.53. The largest absolute Gasteiger partial charge is 0.383 e. The Kier molecular flexibility index (Phi) is 3.78. The standard InChI is InChI=1S/C11H19N5/c1-5-8(4)16-10(13)9(6-12)11(15-16)14-7(2)3/h7-8H,5,13H2,1-4H3,(H,14,15). The van der Waals surface area contributed by atoms with Crippen LogP contribution in [0.5, 0.6) is 0 Å². The van der Waals surface area contributed by atoms with Gasteiger partial charge in [0.25, 0.3) is 0 Å². The van der Waals surface area contributed by atoms with E-state index < -0.39 is 0 Å². The quantitative estimate of drug-likeness (QED) is 0.816. The van der Waals surface area contributed by atoms with Gasteiger partial charge in [0, 0.05) is 6.04 Å². The van der Waals surface area contributed by atoms with Crippen LogP contribution in [0, 0.1) is 11.3 Å². The molecule has 5 nitrogen and oxygen atoms in total. The van der Waals surface area contributed by atoms with E-state index in [0.29, 0.717) is 17.2 Å². The van der Waals surface area contributed by atoms with Crippen molar-refractivity contribution in [3.8, 4) is 6.07 Å². The van der Waals surface area contributed by atoms with Crippen LogP contribution in [0.3, 0.4) is 0 Å². The van der Waals surface area contributed by atoms with Crippen LogP contribution in [0.4, 0.5) is 11.6 Å². The predicted octanol–water partition coefficient (Wildman–Crippen LogP) is 2.13. The van der Waals surface area contributed by atoms with Crippen molar-refractivity contribution in [1.29, 1.82) is 5.26 Å². The molecule has 88 valence electrons. The molecule has 0 aliphatic heterocycles. The van der Waals surface area contributed by atoms with Crippen molar-refractivity contribution in [3.05, 3.63) is 5.56 Å². The number of nitriles is 1. The number of nitrogens with zero attached hydrogens (tertiary/aromatic N) is 3. The highest BCUT2D eigenvalue weighted by atomic mass is 15.4. The number of anilines is 2. The summed E-state index contributed by atoms with van der Waals surface area (Å²) in [4.78, 5) is 0. The van der Waals surface area contributed by atoms with E-state index in [9.17, 15) is 0 Å². The first kappa shape index (κ1) is 12.4. The van der Waals surface area contributed by atoms with Gasteiger partial charge in [-0.05, 0) is 27.2 Å². The van der Waals surface area contributed by atoms with Gasteiger partial charge in [-0.3, -0.25) is 0 Å². The molecule has 0 radical (unpaired) electrons. The Morgan fingerprint density at radius 2 is 2.12 bits per heavy atom. The minimum atomic E-state index is 0.204. The molecular weight excluding hydrogens is 202 g/mol. The molecule has 0 aromatic carbocycles. The highest BCUT2D eigenvalue weighted by Crippen LogP contribution is 2.25. The lowest BCUT2D eigenvalue weighted by atomic mass is 10.2. The molecule has 1 unspecified atom stereocenters. The van der Waals surface area contributed by atoms with Crippen LogP contribution >= 0.6 is 0 Å². The van der Waals surface area contributed by atoms with E-state index in [-0.39, 0.29) is 12.1 Å². The summed E-state index contributed by atoms with van der Waals surface area (Å²) in [5, 5.41) is 16.5. The van der Waals surface area contributed by atoms with Crippen molar-refractivity contribution < 1.29 is 0 Å². The number of nitrogens with two attached hydrogens (primary N) is 1. The van der Waals surface area contributed by atoms with E-state index in [2.05, 4.69) is 23.4 Å². The molecule has 3 N–H and O–H groups in total. The SMILES string of the molecule is CCC(C)n1nc(NC(C)C)c(C#N)c1N. The second-order valence-corrected chi connectivity index (χ2v) is 4.22. The maximum Gasteiger partial charge on any atom is 0.168 e. The molecule has 1 atom stereocenters. The highest BCUT2D eigenvalue weighted by molar-refractivity contribution is 5.64. The molecule has 0 aliphatic rings. The zero-order valence-corrected chi connectivity index (χ0v) is 10.3. The normalized spacial score (nSPS) is 12.5. The summed E-state index contributed by atoms with van der Waals surface area (Å²) in [6.07, 6.45) is 0.928. The molecule has 0 spiro atoms. The van der Waals surface area contributed by atoms with Crippen LogP contribution in [0.25, 0.3) is 0 Å². The maximum absolute atomic E-state index is 9.06. The number of nitrogen functional groups attached to an aromatic ring is 1.